The average molecular weight is 1380 g/mol. The van der Waals surface area contributed by atoms with E-state index < -0.39 is 0 Å². The lowest BCUT2D eigenvalue weighted by atomic mass is 9.89. The molecule has 21 aromatic rings. The minimum absolute atomic E-state index is 0.685. The standard InChI is InChI=1S/C53H33N3O.C47H29N3O/c1-4-14-34(15-5-1)35-24-26-36(27-25-35)45-33-46(56-53(55-45)40-18-8-3-9-19-40)37-28-30-39(31-29-37)52-43-32-48-51(42-21-11-13-23-47(42)57-48)49(38-16-6-2-7-17-38)50(43)41-20-10-12-22-44(41)54-52;1-4-14-30(15-5-1)39-29-40(50-47(49-39)34-18-8-3-9-19-34)31-24-26-33(27-25-31)46-37-28-42-45(36-21-11-13-23-41(36)51-42)43(32-16-6-2-7-17-32)44(37)35-20-10-12-22-38(35)48-46/h1-33H;1-29H. The van der Waals surface area contributed by atoms with Crippen LogP contribution in [0.1, 0.15) is 0 Å². The average Bonchev–Trinajstić information content (AvgIpc) is 1.55. The van der Waals surface area contributed by atoms with Gasteiger partial charge in [0.15, 0.2) is 11.6 Å². The molecular formula is C100H62N6O2. The van der Waals surface area contributed by atoms with Gasteiger partial charge in [-0.3, -0.25) is 0 Å². The summed E-state index contributed by atoms with van der Waals surface area (Å²) in [4.78, 5) is 30.9. The molecule has 0 bridgehead atoms. The predicted octanol–water partition coefficient (Wildman–Crippen LogP) is 26.5. The number of rotatable bonds is 11. The van der Waals surface area contributed by atoms with Gasteiger partial charge in [0.25, 0.3) is 0 Å². The third kappa shape index (κ3) is 11.5. The summed E-state index contributed by atoms with van der Waals surface area (Å²) in [7, 11) is 0. The molecule has 0 fully saturated rings. The topological polar surface area (TPSA) is 104 Å². The lowest BCUT2D eigenvalue weighted by Crippen LogP contribution is -1.96. The summed E-state index contributed by atoms with van der Waals surface area (Å²) in [5.41, 5.74) is 25.6. The second-order valence-corrected chi connectivity index (χ2v) is 27.1. The number of nitrogens with zero attached hydrogens (tertiary/aromatic N) is 6. The normalized spacial score (nSPS) is 11.5. The highest BCUT2D eigenvalue weighted by Crippen LogP contribution is 2.49. The Bertz CT molecular complexity index is 6920. The highest BCUT2D eigenvalue weighted by atomic mass is 16.3. The number of benzene rings is 15. The highest BCUT2D eigenvalue weighted by Gasteiger charge is 2.25. The maximum atomic E-state index is 6.58. The zero-order valence-corrected chi connectivity index (χ0v) is 58.3. The van der Waals surface area contributed by atoms with Crippen molar-refractivity contribution in [1.82, 2.24) is 29.9 Å². The van der Waals surface area contributed by atoms with Crippen molar-refractivity contribution in [3.63, 3.8) is 0 Å². The maximum Gasteiger partial charge on any atom is 0.160 e. The van der Waals surface area contributed by atoms with E-state index in [1.54, 1.807) is 0 Å². The molecule has 0 aliphatic heterocycles. The van der Waals surface area contributed by atoms with Crippen LogP contribution in [-0.2, 0) is 0 Å². The first kappa shape index (κ1) is 63.1. The zero-order valence-electron chi connectivity index (χ0n) is 58.3. The SMILES string of the molecule is c1ccc(-c2cc(-c3ccc(-c4nc5ccccc5c5c(-c6ccccc6)c6c(cc45)oc4ccccc46)cc3)nc(-c3ccccc3)n2)cc1.c1ccc(-c2ccc(-c3cc(-c4ccc(-c5nc6ccccc6c6c(-c7ccccc7)c7c(cc56)oc5ccccc57)cc4)nc(-c4ccccc4)n3)cc2)cc1. The van der Waals surface area contributed by atoms with Gasteiger partial charge in [-0.1, -0.05) is 328 Å². The molecule has 108 heavy (non-hydrogen) atoms. The molecule has 0 radical (unpaired) electrons. The maximum absolute atomic E-state index is 6.58. The van der Waals surface area contributed by atoms with E-state index in [0.29, 0.717) is 11.6 Å². The van der Waals surface area contributed by atoms with E-state index in [0.717, 1.165) is 183 Å². The van der Waals surface area contributed by atoms with E-state index in [-0.39, 0.29) is 0 Å². The molecule has 0 atom stereocenters. The van der Waals surface area contributed by atoms with E-state index in [4.69, 9.17) is 38.7 Å². The van der Waals surface area contributed by atoms with Gasteiger partial charge in [-0.25, -0.2) is 29.9 Å². The van der Waals surface area contributed by atoms with Gasteiger partial charge in [-0.15, -0.1) is 0 Å². The van der Waals surface area contributed by atoms with E-state index >= 15 is 0 Å². The summed E-state index contributed by atoms with van der Waals surface area (Å²) in [6, 6.07) is 130. The molecule has 6 heterocycles. The quantitative estimate of drug-likeness (QED) is 0.118. The molecule has 0 unspecified atom stereocenters. The second-order valence-electron chi connectivity index (χ2n) is 27.1. The van der Waals surface area contributed by atoms with Gasteiger partial charge in [0.1, 0.15) is 22.3 Å². The van der Waals surface area contributed by atoms with Gasteiger partial charge in [0.2, 0.25) is 0 Å². The van der Waals surface area contributed by atoms with Crippen LogP contribution in [0.4, 0.5) is 0 Å². The van der Waals surface area contributed by atoms with E-state index in [1.165, 1.54) is 16.5 Å². The second kappa shape index (κ2) is 26.9. The molecule has 8 nitrogen and oxygen atoms in total. The molecule has 0 aliphatic rings. The van der Waals surface area contributed by atoms with E-state index in [9.17, 15) is 0 Å². The van der Waals surface area contributed by atoms with E-state index in [2.05, 4.69) is 291 Å². The zero-order chi connectivity index (χ0) is 71.4. The molecule has 0 spiro atoms. The Morgan fingerprint density at radius 3 is 0.806 bits per heavy atom. The molecule has 8 heteroatoms. The molecule has 0 saturated carbocycles. The van der Waals surface area contributed by atoms with Gasteiger partial charge in [0.05, 0.1) is 45.2 Å². The van der Waals surface area contributed by atoms with Crippen LogP contribution in [0.5, 0.6) is 0 Å². The van der Waals surface area contributed by atoms with Crippen LogP contribution in [0.2, 0.25) is 0 Å². The van der Waals surface area contributed by atoms with Gasteiger partial charge < -0.3 is 8.83 Å². The molecule has 6 aromatic heterocycles. The van der Waals surface area contributed by atoms with Crippen molar-refractivity contribution in [2.24, 2.45) is 0 Å². The summed E-state index contributed by atoms with van der Waals surface area (Å²) in [5, 5.41) is 11.1. The van der Waals surface area contributed by atoms with Crippen molar-refractivity contribution < 1.29 is 8.83 Å². The predicted molar refractivity (Wildman–Crippen MR) is 444 cm³/mol. The Balaban J connectivity index is 0.000000143. The lowest BCUT2D eigenvalue weighted by Gasteiger charge is -2.16. The van der Waals surface area contributed by atoms with Crippen LogP contribution in [0, 0.1) is 0 Å². The summed E-state index contributed by atoms with van der Waals surface area (Å²) in [6.45, 7) is 0. The molecule has 0 N–H and O–H groups in total. The van der Waals surface area contributed by atoms with Crippen molar-refractivity contribution in [2.75, 3.05) is 0 Å². The number of aromatic nitrogens is 6. The van der Waals surface area contributed by atoms with Crippen LogP contribution in [0.15, 0.2) is 385 Å². The highest BCUT2D eigenvalue weighted by molar-refractivity contribution is 6.29. The molecule has 0 aliphatic carbocycles. The number of fused-ring (bicyclic) bond motifs is 12. The minimum Gasteiger partial charge on any atom is -0.456 e. The monoisotopic (exact) mass is 1380 g/mol. The first-order chi connectivity index (χ1) is 53.5. The first-order valence-corrected chi connectivity index (χ1v) is 36.3. The summed E-state index contributed by atoms with van der Waals surface area (Å²) in [5.74, 6) is 1.38. The third-order valence-electron chi connectivity index (χ3n) is 20.6. The van der Waals surface area contributed by atoms with Crippen molar-refractivity contribution in [3.8, 4) is 124 Å². The summed E-state index contributed by atoms with van der Waals surface area (Å²) >= 11 is 0. The third-order valence-corrected chi connectivity index (χ3v) is 20.6. The number of furan rings is 2. The fourth-order valence-electron chi connectivity index (χ4n) is 15.4. The molecule has 0 saturated heterocycles. The van der Waals surface area contributed by atoms with Crippen LogP contribution >= 0.6 is 0 Å². The number of hydrogen-bond donors (Lipinski definition) is 0. The molecule has 21 rings (SSSR count). The van der Waals surface area contributed by atoms with Crippen LogP contribution in [0.25, 0.3) is 211 Å². The summed E-state index contributed by atoms with van der Waals surface area (Å²) < 4.78 is 13.1. The van der Waals surface area contributed by atoms with Crippen LogP contribution in [-0.4, -0.2) is 29.9 Å². The summed E-state index contributed by atoms with van der Waals surface area (Å²) in [6.07, 6.45) is 0. The lowest BCUT2D eigenvalue weighted by molar-refractivity contribution is 0.669. The van der Waals surface area contributed by atoms with Gasteiger partial charge in [0, 0.05) is 109 Å². The van der Waals surface area contributed by atoms with E-state index in [1.807, 2.05) is 84.9 Å². The van der Waals surface area contributed by atoms with Crippen molar-refractivity contribution in [3.05, 3.63) is 376 Å². The number of pyridine rings is 2. The Morgan fingerprint density at radius 2 is 0.435 bits per heavy atom. The number of para-hydroxylation sites is 4. The van der Waals surface area contributed by atoms with Crippen molar-refractivity contribution in [2.45, 2.75) is 0 Å². The Hall–Kier alpha value is -14.6. The molecule has 504 valence electrons. The van der Waals surface area contributed by atoms with Gasteiger partial charge >= 0.3 is 0 Å². The van der Waals surface area contributed by atoms with Crippen LogP contribution in [0.3, 0.4) is 0 Å². The largest absolute Gasteiger partial charge is 0.456 e. The van der Waals surface area contributed by atoms with Gasteiger partial charge in [-0.2, -0.15) is 0 Å². The first-order valence-electron chi connectivity index (χ1n) is 36.3. The Kier molecular flexibility index (Phi) is 15.7. The molecular weight excluding hydrogens is 1320 g/mol. The van der Waals surface area contributed by atoms with Gasteiger partial charge in [-0.05, 0) is 70.8 Å². The van der Waals surface area contributed by atoms with Crippen LogP contribution < -0.4 is 0 Å². The fraction of sp³-hybridized carbons (Fsp3) is 0. The van der Waals surface area contributed by atoms with Crippen molar-refractivity contribution >= 4 is 87.2 Å². The smallest absolute Gasteiger partial charge is 0.160 e. The molecule has 15 aromatic carbocycles. The molecule has 0 amide bonds. The Morgan fingerprint density at radius 1 is 0.167 bits per heavy atom. The van der Waals surface area contributed by atoms with Crippen molar-refractivity contribution in [1.29, 1.82) is 0 Å². The fourth-order valence-corrected chi connectivity index (χ4v) is 15.4. The number of hydrogen-bond acceptors (Lipinski definition) is 8. The minimum atomic E-state index is 0.685. The Labute approximate surface area is 621 Å².